The molecular formula is C25H25N3O4S. The van der Waals surface area contributed by atoms with Gasteiger partial charge in [-0.2, -0.15) is 0 Å². The average molecular weight is 464 g/mol. The highest BCUT2D eigenvalue weighted by Gasteiger charge is 2.13. The van der Waals surface area contributed by atoms with Gasteiger partial charge in [0.15, 0.2) is 11.0 Å². The van der Waals surface area contributed by atoms with Crippen molar-refractivity contribution < 1.29 is 19.1 Å². The molecule has 1 amide bonds. The first kappa shape index (κ1) is 23.9. The average Bonchev–Trinajstić information content (AvgIpc) is 2.85. The molecule has 0 spiro atoms. The number of alkyl carbamates (subject to hydrolysis) is 1. The van der Waals surface area contributed by atoms with Gasteiger partial charge in [0.05, 0.1) is 25.1 Å². The lowest BCUT2D eigenvalue weighted by molar-refractivity contribution is 0.103. The van der Waals surface area contributed by atoms with Gasteiger partial charge >= 0.3 is 6.09 Å². The summed E-state index contributed by atoms with van der Waals surface area (Å²) in [4.78, 5) is 29.1. The Morgan fingerprint density at radius 2 is 1.67 bits per heavy atom. The first-order valence-corrected chi connectivity index (χ1v) is 11.3. The van der Waals surface area contributed by atoms with Crippen molar-refractivity contribution in [2.24, 2.45) is 4.99 Å². The summed E-state index contributed by atoms with van der Waals surface area (Å²) in [6.45, 7) is 0.520. The van der Waals surface area contributed by atoms with Crippen molar-refractivity contribution in [3.8, 4) is 5.75 Å². The highest BCUT2D eigenvalue weighted by atomic mass is 32.2. The number of rotatable bonds is 8. The van der Waals surface area contributed by atoms with E-state index in [1.54, 1.807) is 42.5 Å². The third kappa shape index (κ3) is 7.40. The Kier molecular flexibility index (Phi) is 8.90. The molecule has 3 aromatic carbocycles. The molecule has 7 nitrogen and oxygen atoms in total. The zero-order valence-corrected chi connectivity index (χ0v) is 19.0. The van der Waals surface area contributed by atoms with E-state index < -0.39 is 6.09 Å². The predicted molar refractivity (Wildman–Crippen MR) is 132 cm³/mol. The van der Waals surface area contributed by atoms with Gasteiger partial charge in [0.1, 0.15) is 5.75 Å². The number of amidine groups is 1. The maximum Gasteiger partial charge on any atom is 0.412 e. The molecule has 0 heterocycles. The first-order chi connectivity index (χ1) is 16.1. The molecule has 0 aromatic heterocycles. The van der Waals surface area contributed by atoms with Crippen molar-refractivity contribution in [2.45, 2.75) is 6.42 Å². The standard InChI is InChI=1S/C25H25N3O4S/c1-31-25(30)28-24(33-16-8-15-32-20-11-6-3-7-12-20)27-22-17-19(13-14-21(22)26)23(29)18-9-4-2-5-10-18/h2-7,9-14,17H,8,15-16,26H2,1H3,(H,27,28,30). The second-order valence-corrected chi connectivity index (χ2v) is 7.95. The van der Waals surface area contributed by atoms with E-state index in [2.05, 4.69) is 10.3 Å². The Morgan fingerprint density at radius 3 is 2.36 bits per heavy atom. The van der Waals surface area contributed by atoms with Crippen LogP contribution in [0.1, 0.15) is 22.3 Å². The van der Waals surface area contributed by atoms with Gasteiger partial charge in [-0.1, -0.05) is 60.3 Å². The SMILES string of the molecule is COC(=O)NC(=Nc1cc(C(=O)c2ccccc2)ccc1N)SCCCOc1ccccc1. The van der Waals surface area contributed by atoms with Crippen molar-refractivity contribution in [3.05, 3.63) is 90.0 Å². The minimum absolute atomic E-state index is 0.139. The summed E-state index contributed by atoms with van der Waals surface area (Å²) in [5.74, 6) is 1.30. The molecule has 0 unspecified atom stereocenters. The van der Waals surface area contributed by atoms with E-state index in [0.717, 1.165) is 12.2 Å². The third-order valence-corrected chi connectivity index (χ3v) is 5.44. The number of nitrogens with zero attached hydrogens (tertiary/aromatic N) is 1. The number of hydrogen-bond acceptors (Lipinski definition) is 7. The van der Waals surface area contributed by atoms with Crippen molar-refractivity contribution in [3.63, 3.8) is 0 Å². The maximum atomic E-state index is 12.8. The largest absolute Gasteiger partial charge is 0.494 e. The molecule has 0 saturated carbocycles. The zero-order chi connectivity index (χ0) is 23.5. The molecule has 0 radical (unpaired) electrons. The quantitative estimate of drug-likeness (QED) is 0.159. The van der Waals surface area contributed by atoms with E-state index in [1.165, 1.54) is 18.9 Å². The number of hydrogen-bond donors (Lipinski definition) is 2. The number of nitrogens with one attached hydrogen (secondary N) is 1. The summed E-state index contributed by atoms with van der Waals surface area (Å²) >= 11 is 1.33. The van der Waals surface area contributed by atoms with Crippen LogP contribution in [0.2, 0.25) is 0 Å². The minimum atomic E-state index is -0.642. The van der Waals surface area contributed by atoms with Crippen molar-refractivity contribution in [2.75, 3.05) is 25.2 Å². The number of carbonyl (C=O) groups is 2. The number of benzene rings is 3. The molecule has 8 heteroatoms. The fourth-order valence-electron chi connectivity index (χ4n) is 2.82. The summed E-state index contributed by atoms with van der Waals surface area (Å²) in [5.41, 5.74) is 7.88. The number of ketones is 1. The van der Waals surface area contributed by atoms with Gasteiger partial charge in [0, 0.05) is 16.9 Å². The first-order valence-electron chi connectivity index (χ1n) is 10.3. The monoisotopic (exact) mass is 463 g/mol. The molecule has 33 heavy (non-hydrogen) atoms. The number of anilines is 1. The van der Waals surface area contributed by atoms with Crippen LogP contribution in [0, 0.1) is 0 Å². The summed E-state index contributed by atoms with van der Waals surface area (Å²) in [5, 5.41) is 2.92. The minimum Gasteiger partial charge on any atom is -0.494 e. The number of nitrogens with two attached hydrogens (primary N) is 1. The van der Waals surface area contributed by atoms with Gasteiger partial charge in [-0.05, 0) is 36.8 Å². The van der Waals surface area contributed by atoms with Gasteiger partial charge in [-0.15, -0.1) is 0 Å². The van der Waals surface area contributed by atoms with Crippen molar-refractivity contribution >= 4 is 40.2 Å². The molecule has 170 valence electrons. The molecule has 3 N–H and O–H groups in total. The molecule has 0 aliphatic heterocycles. The molecule has 0 aliphatic carbocycles. The number of amides is 1. The van der Waals surface area contributed by atoms with Crippen LogP contribution in [-0.4, -0.2) is 36.5 Å². The topological polar surface area (TPSA) is 103 Å². The van der Waals surface area contributed by atoms with Gasteiger partial charge < -0.3 is 15.2 Å². The second-order valence-electron chi connectivity index (χ2n) is 6.87. The predicted octanol–water partition coefficient (Wildman–Crippen LogP) is 5.05. The van der Waals surface area contributed by atoms with Crippen molar-refractivity contribution in [1.29, 1.82) is 0 Å². The van der Waals surface area contributed by atoms with Crippen LogP contribution in [0.25, 0.3) is 0 Å². The second kappa shape index (κ2) is 12.3. The van der Waals surface area contributed by atoms with E-state index in [1.807, 2.05) is 36.4 Å². The number of carbonyl (C=O) groups excluding carboxylic acids is 2. The highest BCUT2D eigenvalue weighted by Crippen LogP contribution is 2.26. The van der Waals surface area contributed by atoms with Crippen LogP contribution in [0.5, 0.6) is 5.75 Å². The van der Waals surface area contributed by atoms with Gasteiger partial charge in [-0.25, -0.2) is 9.79 Å². The lowest BCUT2D eigenvalue weighted by atomic mass is 10.0. The Balaban J connectivity index is 1.70. The smallest absolute Gasteiger partial charge is 0.412 e. The molecule has 3 rings (SSSR count). The Morgan fingerprint density at radius 1 is 0.970 bits per heavy atom. The van der Waals surface area contributed by atoms with E-state index >= 15 is 0 Å². The number of ether oxygens (including phenoxy) is 2. The Hall–Kier alpha value is -3.78. The normalized spacial score (nSPS) is 11.0. The van der Waals surface area contributed by atoms with Gasteiger partial charge in [0.2, 0.25) is 0 Å². The highest BCUT2D eigenvalue weighted by molar-refractivity contribution is 8.13. The number of para-hydroxylation sites is 1. The molecule has 0 aliphatic rings. The summed E-state index contributed by atoms with van der Waals surface area (Å²) in [7, 11) is 1.28. The summed E-state index contributed by atoms with van der Waals surface area (Å²) < 4.78 is 10.4. The van der Waals surface area contributed by atoms with E-state index in [4.69, 9.17) is 15.2 Å². The van der Waals surface area contributed by atoms with Crippen LogP contribution in [-0.2, 0) is 4.74 Å². The van der Waals surface area contributed by atoms with Crippen LogP contribution in [0.15, 0.2) is 83.9 Å². The zero-order valence-electron chi connectivity index (χ0n) is 18.2. The number of aliphatic imine (C=N–C) groups is 1. The molecule has 0 bridgehead atoms. The number of thioether (sulfide) groups is 1. The molecule has 0 saturated heterocycles. The third-order valence-electron chi connectivity index (χ3n) is 4.48. The van der Waals surface area contributed by atoms with Gasteiger partial charge in [-0.3, -0.25) is 10.1 Å². The van der Waals surface area contributed by atoms with Crippen LogP contribution >= 0.6 is 11.8 Å². The molecule has 0 fully saturated rings. The summed E-state index contributed by atoms with van der Waals surface area (Å²) in [6.07, 6.45) is 0.0839. The van der Waals surface area contributed by atoms with E-state index in [0.29, 0.717) is 40.0 Å². The molecule has 3 aromatic rings. The molecule has 0 atom stereocenters. The lowest BCUT2D eigenvalue weighted by Gasteiger charge is -2.10. The van der Waals surface area contributed by atoms with E-state index in [9.17, 15) is 9.59 Å². The van der Waals surface area contributed by atoms with E-state index in [-0.39, 0.29) is 5.78 Å². The van der Waals surface area contributed by atoms with Crippen LogP contribution < -0.4 is 15.8 Å². The maximum absolute atomic E-state index is 12.8. The Labute approximate surface area is 197 Å². The van der Waals surface area contributed by atoms with Crippen LogP contribution in [0.4, 0.5) is 16.2 Å². The number of methoxy groups -OCH3 is 1. The van der Waals surface area contributed by atoms with Gasteiger partial charge in [0.25, 0.3) is 0 Å². The Bertz CT molecular complexity index is 1110. The lowest BCUT2D eigenvalue weighted by Crippen LogP contribution is -2.28. The molecular weight excluding hydrogens is 438 g/mol. The van der Waals surface area contributed by atoms with Crippen molar-refractivity contribution in [1.82, 2.24) is 5.32 Å². The summed E-state index contributed by atoms with van der Waals surface area (Å²) in [6, 6.07) is 23.4. The number of nitrogen functional groups attached to an aromatic ring is 1. The van der Waals surface area contributed by atoms with Crippen LogP contribution in [0.3, 0.4) is 0 Å². The fourth-order valence-corrected chi connectivity index (χ4v) is 3.59. The fraction of sp³-hybridized carbons (Fsp3) is 0.160.